The molecule has 1 aliphatic rings. The van der Waals surface area contributed by atoms with Crippen LogP contribution in [0.5, 0.6) is 0 Å². The van der Waals surface area contributed by atoms with E-state index >= 15 is 0 Å². The topological polar surface area (TPSA) is 115 Å². The molecule has 0 atom stereocenters. The van der Waals surface area contributed by atoms with Gasteiger partial charge in [0.1, 0.15) is 5.69 Å². The molecule has 1 aromatic rings. The maximum atomic E-state index is 11.4. The Balaban J connectivity index is 2.35. The molecular weight excluding hydrogens is 282 g/mol. The summed E-state index contributed by atoms with van der Waals surface area (Å²) in [7, 11) is -4.13. The maximum Gasteiger partial charge on any atom is 0.312 e. The minimum atomic E-state index is -4.13. The highest BCUT2D eigenvalue weighted by molar-refractivity contribution is 7.89. The largest absolute Gasteiger partial charge is 0.379 e. The second-order valence-electron chi connectivity index (χ2n) is 5.16. The standard InChI is InChI=1S/C12H17N3O4S/c1-2-12(6-7-12)8-14-9-4-3-5-10(20(13,18)19)11(9)15(16)17/h3-5,14H,2,6-8H2,1H3,(H2,13,18,19). The molecule has 0 saturated heterocycles. The summed E-state index contributed by atoms with van der Waals surface area (Å²) in [6.07, 6.45) is 3.15. The van der Waals surface area contributed by atoms with Gasteiger partial charge in [-0.25, -0.2) is 13.6 Å². The number of anilines is 1. The van der Waals surface area contributed by atoms with E-state index in [1.807, 2.05) is 0 Å². The van der Waals surface area contributed by atoms with Gasteiger partial charge >= 0.3 is 5.69 Å². The summed E-state index contributed by atoms with van der Waals surface area (Å²) in [6, 6.07) is 4.09. The average molecular weight is 299 g/mol. The normalized spacial score (nSPS) is 16.7. The van der Waals surface area contributed by atoms with Gasteiger partial charge in [-0.3, -0.25) is 10.1 Å². The molecule has 1 aliphatic carbocycles. The Bertz CT molecular complexity index is 638. The van der Waals surface area contributed by atoms with Crippen LogP contribution in [0.2, 0.25) is 0 Å². The van der Waals surface area contributed by atoms with Gasteiger partial charge in [0.25, 0.3) is 0 Å². The van der Waals surface area contributed by atoms with Crippen LogP contribution in [0.1, 0.15) is 26.2 Å². The van der Waals surface area contributed by atoms with Gasteiger partial charge in [0, 0.05) is 6.54 Å². The van der Waals surface area contributed by atoms with Crippen molar-refractivity contribution in [1.29, 1.82) is 0 Å². The summed E-state index contributed by atoms with van der Waals surface area (Å²) in [6.45, 7) is 2.67. The lowest BCUT2D eigenvalue weighted by atomic mass is 10.0. The Morgan fingerprint density at radius 3 is 2.55 bits per heavy atom. The first-order valence-electron chi connectivity index (χ1n) is 6.33. The SMILES string of the molecule is CCC1(CNc2cccc(S(N)(=O)=O)c2[N+](=O)[O-])CC1. The molecule has 0 heterocycles. The molecule has 20 heavy (non-hydrogen) atoms. The van der Waals surface area contributed by atoms with Crippen LogP contribution in [0.15, 0.2) is 23.1 Å². The van der Waals surface area contributed by atoms with Crippen LogP contribution in [0, 0.1) is 15.5 Å². The van der Waals surface area contributed by atoms with Gasteiger partial charge in [0.05, 0.1) is 4.92 Å². The molecule has 2 rings (SSSR count). The van der Waals surface area contributed by atoms with Gasteiger partial charge in [-0.05, 0) is 36.8 Å². The summed E-state index contributed by atoms with van der Waals surface area (Å²) >= 11 is 0. The number of hydrogen-bond acceptors (Lipinski definition) is 5. The number of benzene rings is 1. The Labute approximate surface area is 117 Å². The summed E-state index contributed by atoms with van der Waals surface area (Å²) in [4.78, 5) is 9.97. The van der Waals surface area contributed by atoms with Crippen LogP contribution in [0.3, 0.4) is 0 Å². The van der Waals surface area contributed by atoms with Crippen LogP contribution >= 0.6 is 0 Å². The number of nitrogens with two attached hydrogens (primary N) is 1. The number of primary sulfonamides is 1. The second kappa shape index (κ2) is 5.02. The third-order valence-corrected chi connectivity index (χ3v) is 4.79. The van der Waals surface area contributed by atoms with E-state index in [4.69, 9.17) is 5.14 Å². The zero-order chi connectivity index (χ0) is 15.0. The number of sulfonamides is 1. The summed E-state index contributed by atoms with van der Waals surface area (Å²) in [5, 5.41) is 19.2. The Hall–Kier alpha value is -1.67. The van der Waals surface area contributed by atoms with Crippen molar-refractivity contribution in [2.24, 2.45) is 10.6 Å². The fourth-order valence-corrected chi connectivity index (χ4v) is 2.92. The molecule has 0 bridgehead atoms. The lowest BCUT2D eigenvalue weighted by Crippen LogP contribution is -2.18. The highest BCUT2D eigenvalue weighted by Gasteiger charge is 2.40. The molecule has 8 heteroatoms. The molecule has 0 amide bonds. The van der Waals surface area contributed by atoms with Crippen molar-refractivity contribution in [3.05, 3.63) is 28.3 Å². The number of hydrogen-bond donors (Lipinski definition) is 2. The first-order valence-corrected chi connectivity index (χ1v) is 7.88. The van der Waals surface area contributed by atoms with E-state index in [9.17, 15) is 18.5 Å². The van der Waals surface area contributed by atoms with Crippen molar-refractivity contribution in [3.63, 3.8) is 0 Å². The Morgan fingerprint density at radius 1 is 1.45 bits per heavy atom. The molecule has 1 saturated carbocycles. The number of nitrogens with zero attached hydrogens (tertiary/aromatic N) is 1. The lowest BCUT2D eigenvalue weighted by molar-refractivity contribution is -0.386. The number of nitro benzene ring substituents is 1. The number of para-hydroxylation sites is 1. The molecular formula is C12H17N3O4S. The van der Waals surface area contributed by atoms with Crippen molar-refractivity contribution in [3.8, 4) is 0 Å². The third-order valence-electron chi connectivity index (χ3n) is 3.85. The molecule has 3 N–H and O–H groups in total. The first-order chi connectivity index (χ1) is 9.29. The lowest BCUT2D eigenvalue weighted by Gasteiger charge is -2.15. The molecule has 110 valence electrons. The van der Waals surface area contributed by atoms with Gasteiger partial charge in [0.2, 0.25) is 10.0 Å². The molecule has 0 spiro atoms. The van der Waals surface area contributed by atoms with Crippen molar-refractivity contribution in [1.82, 2.24) is 0 Å². The van der Waals surface area contributed by atoms with Crippen LogP contribution in [-0.4, -0.2) is 19.9 Å². The van der Waals surface area contributed by atoms with Gasteiger partial charge < -0.3 is 5.32 Å². The first kappa shape index (κ1) is 14.7. The monoisotopic (exact) mass is 299 g/mol. The predicted octanol–water partition coefficient (Wildman–Crippen LogP) is 1.84. The maximum absolute atomic E-state index is 11.4. The molecule has 1 fully saturated rings. The molecule has 0 aromatic heterocycles. The highest BCUT2D eigenvalue weighted by Crippen LogP contribution is 2.48. The van der Waals surface area contributed by atoms with Crippen molar-refractivity contribution < 1.29 is 13.3 Å². The molecule has 0 radical (unpaired) electrons. The van der Waals surface area contributed by atoms with E-state index in [0.29, 0.717) is 6.54 Å². The number of nitro groups is 1. The second-order valence-corrected chi connectivity index (χ2v) is 6.69. The van der Waals surface area contributed by atoms with Gasteiger partial charge in [-0.1, -0.05) is 13.0 Å². The summed E-state index contributed by atoms with van der Waals surface area (Å²) < 4.78 is 22.9. The fraction of sp³-hybridized carbons (Fsp3) is 0.500. The van der Waals surface area contributed by atoms with Crippen LogP contribution in [0.25, 0.3) is 0 Å². The molecule has 7 nitrogen and oxygen atoms in total. The van der Waals surface area contributed by atoms with Crippen LogP contribution in [0.4, 0.5) is 11.4 Å². The van der Waals surface area contributed by atoms with E-state index < -0.39 is 25.5 Å². The van der Waals surface area contributed by atoms with E-state index in [-0.39, 0.29) is 11.1 Å². The number of rotatable bonds is 6. The van der Waals surface area contributed by atoms with Crippen LogP contribution in [-0.2, 0) is 10.0 Å². The van der Waals surface area contributed by atoms with E-state index in [0.717, 1.165) is 25.3 Å². The molecule has 1 aromatic carbocycles. The zero-order valence-corrected chi connectivity index (χ0v) is 11.9. The predicted molar refractivity (Wildman–Crippen MR) is 74.9 cm³/mol. The van der Waals surface area contributed by atoms with Crippen molar-refractivity contribution in [2.75, 3.05) is 11.9 Å². The molecule has 0 unspecified atom stereocenters. The Kier molecular flexibility index (Phi) is 3.70. The summed E-state index contributed by atoms with van der Waals surface area (Å²) in [5.41, 5.74) is -0.103. The quantitative estimate of drug-likeness (QED) is 0.614. The van der Waals surface area contributed by atoms with Gasteiger partial charge in [-0.15, -0.1) is 0 Å². The van der Waals surface area contributed by atoms with E-state index in [1.165, 1.54) is 12.1 Å². The average Bonchev–Trinajstić information content (AvgIpc) is 3.15. The van der Waals surface area contributed by atoms with Gasteiger partial charge in [0.15, 0.2) is 4.90 Å². The third kappa shape index (κ3) is 2.91. The summed E-state index contributed by atoms with van der Waals surface area (Å²) in [5.74, 6) is 0. The minimum Gasteiger partial charge on any atom is -0.379 e. The minimum absolute atomic E-state index is 0.186. The van der Waals surface area contributed by atoms with E-state index in [2.05, 4.69) is 12.2 Å². The zero-order valence-electron chi connectivity index (χ0n) is 11.1. The fourth-order valence-electron chi connectivity index (χ4n) is 2.20. The van der Waals surface area contributed by atoms with E-state index in [1.54, 1.807) is 0 Å². The van der Waals surface area contributed by atoms with Crippen molar-refractivity contribution in [2.45, 2.75) is 31.1 Å². The van der Waals surface area contributed by atoms with Crippen LogP contribution < -0.4 is 10.5 Å². The van der Waals surface area contributed by atoms with Crippen molar-refractivity contribution >= 4 is 21.4 Å². The Morgan fingerprint density at radius 2 is 2.10 bits per heavy atom. The smallest absolute Gasteiger partial charge is 0.312 e. The number of nitrogens with one attached hydrogen (secondary N) is 1. The molecule has 0 aliphatic heterocycles. The van der Waals surface area contributed by atoms with Gasteiger partial charge in [-0.2, -0.15) is 0 Å². The highest BCUT2D eigenvalue weighted by atomic mass is 32.2.